The summed E-state index contributed by atoms with van der Waals surface area (Å²) >= 11 is 5.77. The van der Waals surface area contributed by atoms with Gasteiger partial charge in [-0.15, -0.1) is 12.1 Å². The predicted octanol–water partition coefficient (Wildman–Crippen LogP) is 0.475. The molecule has 1 nitrogen and oxygen atoms in total. The summed E-state index contributed by atoms with van der Waals surface area (Å²) in [5.74, 6) is 0.821. The van der Waals surface area contributed by atoms with Gasteiger partial charge in [-0.3, -0.25) is 0 Å². The van der Waals surface area contributed by atoms with Gasteiger partial charge in [0.2, 0.25) is 0 Å². The first-order valence-corrected chi connectivity index (χ1v) is 5.56. The molecular formula is C12H14BrClMgO. The summed E-state index contributed by atoms with van der Waals surface area (Å²) in [6, 6.07) is 8.51. The second-order valence-corrected chi connectivity index (χ2v) is 4.19. The second-order valence-electron chi connectivity index (χ2n) is 3.75. The third-order valence-corrected chi connectivity index (χ3v) is 2.83. The predicted molar refractivity (Wildman–Crippen MR) is 63.5 cm³/mol. The van der Waals surface area contributed by atoms with E-state index in [1.807, 2.05) is 12.1 Å². The minimum absolute atomic E-state index is 0. The molecule has 0 N–H and O–H groups in total. The topological polar surface area (TPSA) is 9.23 Å². The average molecular weight is 314 g/mol. The van der Waals surface area contributed by atoms with Crippen LogP contribution >= 0.6 is 11.6 Å². The van der Waals surface area contributed by atoms with Crippen LogP contribution in [-0.2, 0) is 0 Å². The molecule has 0 atom stereocenters. The fourth-order valence-corrected chi connectivity index (χ4v) is 1.94. The van der Waals surface area contributed by atoms with Crippen LogP contribution in [0.15, 0.2) is 18.2 Å². The van der Waals surface area contributed by atoms with Crippen LogP contribution in [0.25, 0.3) is 0 Å². The van der Waals surface area contributed by atoms with Gasteiger partial charge in [0.1, 0.15) is 0 Å². The Morgan fingerprint density at radius 1 is 1.19 bits per heavy atom. The molecule has 1 aliphatic carbocycles. The molecule has 1 aromatic rings. The molecule has 1 aliphatic rings. The summed E-state index contributed by atoms with van der Waals surface area (Å²) in [4.78, 5) is 0. The molecular weight excluding hydrogens is 300 g/mol. The van der Waals surface area contributed by atoms with E-state index in [0.29, 0.717) is 11.1 Å². The van der Waals surface area contributed by atoms with Gasteiger partial charge < -0.3 is 21.7 Å². The van der Waals surface area contributed by atoms with Crippen LogP contribution in [0.2, 0.25) is 5.02 Å². The smallest absolute Gasteiger partial charge is 1.00 e. The van der Waals surface area contributed by atoms with Crippen molar-refractivity contribution in [3.63, 3.8) is 0 Å². The molecule has 0 spiro atoms. The SMILES string of the molecule is Clc1c[c-]c(OC2CCCCC2)cc1.[Br-].[Mg+2]. The zero-order chi connectivity index (χ0) is 9.80. The Hall–Kier alpha value is 0.556. The third kappa shape index (κ3) is 5.26. The van der Waals surface area contributed by atoms with Gasteiger partial charge in [0.25, 0.3) is 0 Å². The van der Waals surface area contributed by atoms with Crippen LogP contribution in [0.1, 0.15) is 32.1 Å². The van der Waals surface area contributed by atoms with Crippen LogP contribution in [0.4, 0.5) is 0 Å². The quantitative estimate of drug-likeness (QED) is 0.570. The second kappa shape index (κ2) is 8.62. The average Bonchev–Trinajstić information content (AvgIpc) is 2.23. The molecule has 1 saturated carbocycles. The van der Waals surface area contributed by atoms with E-state index < -0.39 is 0 Å². The van der Waals surface area contributed by atoms with Crippen molar-refractivity contribution in [1.29, 1.82) is 0 Å². The first-order valence-electron chi connectivity index (χ1n) is 5.18. The summed E-state index contributed by atoms with van der Waals surface area (Å²) < 4.78 is 5.80. The fraction of sp³-hybridized carbons (Fsp3) is 0.500. The number of halogens is 2. The van der Waals surface area contributed by atoms with Gasteiger partial charge >= 0.3 is 23.1 Å². The van der Waals surface area contributed by atoms with E-state index in [0.717, 1.165) is 5.75 Å². The van der Waals surface area contributed by atoms with Crippen molar-refractivity contribution in [2.24, 2.45) is 0 Å². The van der Waals surface area contributed by atoms with E-state index in [4.69, 9.17) is 16.3 Å². The number of rotatable bonds is 2. The first-order chi connectivity index (χ1) is 6.84. The molecule has 1 aromatic carbocycles. The summed E-state index contributed by atoms with van der Waals surface area (Å²) in [7, 11) is 0. The minimum atomic E-state index is 0. The molecule has 0 aliphatic heterocycles. The molecule has 0 heterocycles. The maximum atomic E-state index is 5.80. The zero-order valence-corrected chi connectivity index (χ0v) is 13.0. The maximum Gasteiger partial charge on any atom is 2.00 e. The van der Waals surface area contributed by atoms with E-state index in [9.17, 15) is 0 Å². The van der Waals surface area contributed by atoms with Crippen LogP contribution in [-0.4, -0.2) is 29.2 Å². The summed E-state index contributed by atoms with van der Waals surface area (Å²) in [5.41, 5.74) is 0. The minimum Gasteiger partial charge on any atom is -1.00 e. The van der Waals surface area contributed by atoms with Crippen molar-refractivity contribution in [3.05, 3.63) is 29.3 Å². The Balaban J connectivity index is 0.00000112. The molecule has 16 heavy (non-hydrogen) atoms. The fourth-order valence-electron chi connectivity index (χ4n) is 1.83. The van der Waals surface area contributed by atoms with Crippen LogP contribution < -0.4 is 21.7 Å². The van der Waals surface area contributed by atoms with Gasteiger partial charge in [0.05, 0.1) is 6.10 Å². The van der Waals surface area contributed by atoms with E-state index in [2.05, 4.69) is 6.07 Å². The first kappa shape index (κ1) is 16.6. The normalized spacial score (nSPS) is 15.8. The van der Waals surface area contributed by atoms with Gasteiger partial charge in [0, 0.05) is 5.75 Å². The Labute approximate surface area is 129 Å². The molecule has 0 radical (unpaired) electrons. The Bertz CT molecular complexity index is 286. The van der Waals surface area contributed by atoms with E-state index in [-0.39, 0.29) is 40.0 Å². The molecule has 84 valence electrons. The third-order valence-electron chi connectivity index (χ3n) is 2.59. The van der Waals surface area contributed by atoms with Crippen LogP contribution in [0, 0.1) is 6.07 Å². The van der Waals surface area contributed by atoms with Crippen molar-refractivity contribution < 1.29 is 21.7 Å². The molecule has 0 unspecified atom stereocenters. The zero-order valence-electron chi connectivity index (χ0n) is 9.22. The molecule has 4 heteroatoms. The molecule has 2 rings (SSSR count). The molecule has 0 bridgehead atoms. The van der Waals surface area contributed by atoms with Crippen molar-refractivity contribution in [1.82, 2.24) is 0 Å². The molecule has 0 amide bonds. The van der Waals surface area contributed by atoms with E-state index in [1.54, 1.807) is 6.07 Å². The monoisotopic (exact) mass is 312 g/mol. The van der Waals surface area contributed by atoms with Crippen LogP contribution in [0.3, 0.4) is 0 Å². The number of hydrogen-bond acceptors (Lipinski definition) is 1. The largest absolute Gasteiger partial charge is 2.00 e. The number of hydrogen-bond donors (Lipinski definition) is 0. The van der Waals surface area contributed by atoms with Gasteiger partial charge in [-0.05, 0) is 25.7 Å². The maximum absolute atomic E-state index is 5.80. The Morgan fingerprint density at radius 2 is 1.88 bits per heavy atom. The molecule has 0 saturated heterocycles. The van der Waals surface area contributed by atoms with E-state index in [1.165, 1.54) is 32.1 Å². The Kier molecular flexibility index (Phi) is 8.92. The standard InChI is InChI=1S/C12H14ClO.BrH.Mg/c13-10-6-8-12(9-7-10)14-11-4-2-1-3-5-11;;/h6-8,11H,1-5H2;1H;/q-1;;+2/p-1. The van der Waals surface area contributed by atoms with Gasteiger partial charge in [-0.1, -0.05) is 11.4 Å². The van der Waals surface area contributed by atoms with E-state index >= 15 is 0 Å². The van der Waals surface area contributed by atoms with Crippen molar-refractivity contribution >= 4 is 34.7 Å². The van der Waals surface area contributed by atoms with Crippen molar-refractivity contribution in [2.75, 3.05) is 0 Å². The van der Waals surface area contributed by atoms with Gasteiger partial charge in [-0.2, -0.15) is 23.7 Å². The molecule has 1 fully saturated rings. The Morgan fingerprint density at radius 3 is 2.44 bits per heavy atom. The molecule has 0 aromatic heterocycles. The van der Waals surface area contributed by atoms with Crippen molar-refractivity contribution in [2.45, 2.75) is 38.2 Å². The van der Waals surface area contributed by atoms with Gasteiger partial charge in [0.15, 0.2) is 0 Å². The van der Waals surface area contributed by atoms with Gasteiger partial charge in [-0.25, -0.2) is 0 Å². The summed E-state index contributed by atoms with van der Waals surface area (Å²) in [6.07, 6.45) is 6.68. The summed E-state index contributed by atoms with van der Waals surface area (Å²) in [6.45, 7) is 0. The number of ether oxygens (including phenoxy) is 1. The van der Waals surface area contributed by atoms with Crippen LogP contribution in [0.5, 0.6) is 5.75 Å². The summed E-state index contributed by atoms with van der Waals surface area (Å²) in [5, 5.41) is 0.709. The number of benzene rings is 1. The van der Waals surface area contributed by atoms with Crippen molar-refractivity contribution in [3.8, 4) is 5.75 Å².